The molecule has 1 fully saturated rings. The summed E-state index contributed by atoms with van der Waals surface area (Å²) >= 11 is 0. The molecule has 1 aromatic rings. The highest BCUT2D eigenvalue weighted by Crippen LogP contribution is 2.17. The van der Waals surface area contributed by atoms with Gasteiger partial charge in [-0.1, -0.05) is 37.3 Å². The zero-order valence-electron chi connectivity index (χ0n) is 12.7. The second-order valence-corrected chi connectivity index (χ2v) is 5.39. The third-order valence-corrected chi connectivity index (χ3v) is 3.82. The van der Waals surface area contributed by atoms with E-state index in [1.165, 1.54) is 0 Å². The summed E-state index contributed by atoms with van der Waals surface area (Å²) in [5, 5.41) is 2.85. The van der Waals surface area contributed by atoms with E-state index in [4.69, 9.17) is 0 Å². The lowest BCUT2D eigenvalue weighted by atomic mass is 10.0. The van der Waals surface area contributed by atoms with Gasteiger partial charge in [0.25, 0.3) is 0 Å². The second-order valence-electron chi connectivity index (χ2n) is 5.39. The van der Waals surface area contributed by atoms with Crippen molar-refractivity contribution in [2.24, 2.45) is 0 Å². The Morgan fingerprint density at radius 1 is 1.14 bits per heavy atom. The Balaban J connectivity index is 2.14. The fraction of sp³-hybridized carbons (Fsp3) is 0.500. The van der Waals surface area contributed by atoms with Crippen molar-refractivity contribution in [3.05, 3.63) is 35.9 Å². The number of nitrogens with one attached hydrogen (secondary N) is 1. The molecular formula is C16H23N3O2. The van der Waals surface area contributed by atoms with Crippen molar-refractivity contribution in [3.63, 3.8) is 0 Å². The molecule has 1 aliphatic rings. The summed E-state index contributed by atoms with van der Waals surface area (Å²) in [6.07, 6.45) is 0.374. The van der Waals surface area contributed by atoms with Crippen LogP contribution in [0.25, 0.3) is 0 Å². The fourth-order valence-corrected chi connectivity index (χ4v) is 2.41. The van der Waals surface area contributed by atoms with E-state index in [0.717, 1.165) is 18.7 Å². The van der Waals surface area contributed by atoms with Crippen molar-refractivity contribution in [2.75, 3.05) is 33.2 Å². The van der Waals surface area contributed by atoms with E-state index in [2.05, 4.69) is 17.3 Å². The van der Waals surface area contributed by atoms with E-state index in [0.29, 0.717) is 19.5 Å². The first kappa shape index (κ1) is 15.5. The SMILES string of the molecule is CCC(=O)N[C@H](C(=O)N1CCN(C)CC1)c1ccccc1. The molecule has 114 valence electrons. The van der Waals surface area contributed by atoms with Crippen LogP contribution in [0.4, 0.5) is 0 Å². The first-order valence-electron chi connectivity index (χ1n) is 7.43. The number of hydrogen-bond donors (Lipinski definition) is 1. The number of likely N-dealkylation sites (N-methyl/N-ethyl adjacent to an activating group) is 1. The minimum absolute atomic E-state index is 0.0175. The zero-order valence-corrected chi connectivity index (χ0v) is 12.7. The highest BCUT2D eigenvalue weighted by atomic mass is 16.2. The van der Waals surface area contributed by atoms with Gasteiger partial charge in [-0.15, -0.1) is 0 Å². The standard InChI is InChI=1S/C16H23N3O2/c1-3-14(20)17-15(13-7-5-4-6-8-13)16(21)19-11-9-18(2)10-12-19/h4-8,15H,3,9-12H2,1-2H3,(H,17,20)/t15-/m0/s1. The van der Waals surface area contributed by atoms with Crippen LogP contribution < -0.4 is 5.32 Å². The highest BCUT2D eigenvalue weighted by Gasteiger charge is 2.28. The topological polar surface area (TPSA) is 52.7 Å². The summed E-state index contributed by atoms with van der Waals surface area (Å²) in [6, 6.07) is 8.86. The molecule has 1 aliphatic heterocycles. The van der Waals surface area contributed by atoms with E-state index in [9.17, 15) is 9.59 Å². The van der Waals surface area contributed by atoms with E-state index >= 15 is 0 Å². The highest BCUT2D eigenvalue weighted by molar-refractivity contribution is 5.88. The maximum absolute atomic E-state index is 12.7. The van der Waals surface area contributed by atoms with Gasteiger partial charge in [-0.3, -0.25) is 9.59 Å². The van der Waals surface area contributed by atoms with Gasteiger partial charge in [0.1, 0.15) is 6.04 Å². The molecule has 2 rings (SSSR count). The monoisotopic (exact) mass is 289 g/mol. The van der Waals surface area contributed by atoms with Crippen molar-refractivity contribution >= 4 is 11.8 Å². The molecule has 21 heavy (non-hydrogen) atoms. The largest absolute Gasteiger partial charge is 0.341 e. The fourth-order valence-electron chi connectivity index (χ4n) is 2.41. The Morgan fingerprint density at radius 3 is 2.33 bits per heavy atom. The Kier molecular flexibility index (Phi) is 5.33. The quantitative estimate of drug-likeness (QED) is 0.900. The van der Waals surface area contributed by atoms with Crippen LogP contribution >= 0.6 is 0 Å². The minimum atomic E-state index is -0.581. The Bertz CT molecular complexity index is 482. The van der Waals surface area contributed by atoms with E-state index in [1.807, 2.05) is 35.2 Å². The first-order chi connectivity index (χ1) is 10.1. The lowest BCUT2D eigenvalue weighted by Gasteiger charge is -2.34. The average molecular weight is 289 g/mol. The van der Waals surface area contributed by atoms with Gasteiger partial charge in [0.2, 0.25) is 11.8 Å². The molecule has 1 saturated heterocycles. The third-order valence-electron chi connectivity index (χ3n) is 3.82. The molecule has 0 bridgehead atoms. The summed E-state index contributed by atoms with van der Waals surface area (Å²) in [5.41, 5.74) is 0.836. The molecule has 0 unspecified atom stereocenters. The van der Waals surface area contributed by atoms with Gasteiger partial charge in [-0.25, -0.2) is 0 Å². The van der Waals surface area contributed by atoms with E-state index < -0.39 is 6.04 Å². The summed E-state index contributed by atoms with van der Waals surface area (Å²) in [7, 11) is 2.05. The first-order valence-corrected chi connectivity index (χ1v) is 7.43. The van der Waals surface area contributed by atoms with Crippen molar-refractivity contribution in [3.8, 4) is 0 Å². The maximum Gasteiger partial charge on any atom is 0.249 e. The average Bonchev–Trinajstić information content (AvgIpc) is 2.53. The number of carbonyl (C=O) groups is 2. The molecule has 1 atom stereocenters. The molecule has 0 aliphatic carbocycles. The Labute approximate surface area is 125 Å². The molecule has 5 nitrogen and oxygen atoms in total. The van der Waals surface area contributed by atoms with Crippen molar-refractivity contribution in [2.45, 2.75) is 19.4 Å². The van der Waals surface area contributed by atoms with Crippen molar-refractivity contribution in [1.82, 2.24) is 15.1 Å². The van der Waals surface area contributed by atoms with Crippen LogP contribution in [0.1, 0.15) is 24.9 Å². The molecule has 0 aromatic heterocycles. The van der Waals surface area contributed by atoms with Crippen LogP contribution in [0, 0.1) is 0 Å². The summed E-state index contributed by atoms with van der Waals surface area (Å²) in [6.45, 7) is 4.95. The van der Waals surface area contributed by atoms with Crippen LogP contribution in [0.5, 0.6) is 0 Å². The molecule has 0 saturated carbocycles. The number of piperazine rings is 1. The lowest BCUT2D eigenvalue weighted by Crippen LogP contribution is -2.51. The van der Waals surface area contributed by atoms with Gasteiger partial charge >= 0.3 is 0 Å². The van der Waals surface area contributed by atoms with E-state index in [-0.39, 0.29) is 11.8 Å². The number of rotatable bonds is 4. The zero-order chi connectivity index (χ0) is 15.2. The van der Waals surface area contributed by atoms with Crippen molar-refractivity contribution < 1.29 is 9.59 Å². The third kappa shape index (κ3) is 4.04. The van der Waals surface area contributed by atoms with Gasteiger partial charge in [0.15, 0.2) is 0 Å². The normalized spacial score (nSPS) is 17.3. The Morgan fingerprint density at radius 2 is 1.76 bits per heavy atom. The van der Waals surface area contributed by atoms with E-state index in [1.54, 1.807) is 6.92 Å². The van der Waals surface area contributed by atoms with Crippen LogP contribution in [-0.2, 0) is 9.59 Å². The number of carbonyl (C=O) groups excluding carboxylic acids is 2. The summed E-state index contributed by atoms with van der Waals surface area (Å²) < 4.78 is 0. The molecule has 5 heteroatoms. The van der Waals surface area contributed by atoms with Gasteiger partial charge in [0, 0.05) is 32.6 Å². The van der Waals surface area contributed by atoms with Gasteiger partial charge in [0.05, 0.1) is 0 Å². The molecule has 0 radical (unpaired) electrons. The summed E-state index contributed by atoms with van der Waals surface area (Å²) in [4.78, 5) is 28.5. The van der Waals surface area contributed by atoms with Crippen molar-refractivity contribution in [1.29, 1.82) is 0 Å². The van der Waals surface area contributed by atoms with Crippen LogP contribution in [-0.4, -0.2) is 54.8 Å². The predicted octanol–water partition coefficient (Wildman–Crippen LogP) is 1.03. The number of nitrogens with zero attached hydrogens (tertiary/aromatic N) is 2. The molecule has 0 spiro atoms. The molecule has 2 amide bonds. The molecular weight excluding hydrogens is 266 g/mol. The second kappa shape index (κ2) is 7.22. The molecule has 1 heterocycles. The van der Waals surface area contributed by atoms with Crippen LogP contribution in [0.3, 0.4) is 0 Å². The molecule has 1 N–H and O–H groups in total. The van der Waals surface area contributed by atoms with Gasteiger partial charge in [-0.2, -0.15) is 0 Å². The maximum atomic E-state index is 12.7. The lowest BCUT2D eigenvalue weighted by molar-refractivity contribution is -0.138. The number of amides is 2. The van der Waals surface area contributed by atoms with Crippen LogP contribution in [0.15, 0.2) is 30.3 Å². The smallest absolute Gasteiger partial charge is 0.249 e. The van der Waals surface area contributed by atoms with Gasteiger partial charge < -0.3 is 15.1 Å². The minimum Gasteiger partial charge on any atom is -0.341 e. The number of benzene rings is 1. The summed E-state index contributed by atoms with van der Waals surface area (Å²) in [5.74, 6) is -0.123. The molecule has 1 aromatic carbocycles. The van der Waals surface area contributed by atoms with Gasteiger partial charge in [-0.05, 0) is 12.6 Å². The van der Waals surface area contributed by atoms with Crippen LogP contribution in [0.2, 0.25) is 0 Å². The predicted molar refractivity (Wildman–Crippen MR) is 81.7 cm³/mol. The number of hydrogen-bond acceptors (Lipinski definition) is 3. The Hall–Kier alpha value is -1.88.